The fraction of sp³-hybridized carbons (Fsp3) is 0.533. The third-order valence-electron chi connectivity index (χ3n) is 3.33. The van der Waals surface area contributed by atoms with Crippen LogP contribution in [0.1, 0.15) is 25.8 Å². The summed E-state index contributed by atoms with van der Waals surface area (Å²) < 4.78 is 5.07. The highest BCUT2D eigenvalue weighted by atomic mass is 16.5. The van der Waals surface area contributed by atoms with Crippen molar-refractivity contribution in [3.05, 3.63) is 29.8 Å². The number of amides is 2. The molecule has 0 aliphatic carbocycles. The first kappa shape index (κ1) is 16.5. The Morgan fingerprint density at radius 2 is 2.25 bits per heavy atom. The molecule has 0 bridgehead atoms. The Balaban J connectivity index is 2.73. The highest BCUT2D eigenvalue weighted by Gasteiger charge is 2.18. The maximum Gasteiger partial charge on any atom is 0.322 e. The number of carbonyl (C=O) groups excluding carboxylic acids is 1. The van der Waals surface area contributed by atoms with Crippen molar-refractivity contribution in [1.29, 1.82) is 0 Å². The Morgan fingerprint density at radius 1 is 1.50 bits per heavy atom. The Morgan fingerprint density at radius 3 is 2.85 bits per heavy atom. The molecule has 0 saturated carbocycles. The van der Waals surface area contributed by atoms with Crippen molar-refractivity contribution in [3.8, 4) is 0 Å². The van der Waals surface area contributed by atoms with Crippen LogP contribution in [0.25, 0.3) is 0 Å². The topological polar surface area (TPSA) is 67.6 Å². The van der Waals surface area contributed by atoms with Gasteiger partial charge in [-0.05, 0) is 31.0 Å². The number of hydrogen-bond acceptors (Lipinski definition) is 3. The quantitative estimate of drug-likeness (QED) is 0.805. The molecule has 0 saturated heterocycles. The van der Waals surface area contributed by atoms with Crippen molar-refractivity contribution in [2.24, 2.45) is 5.73 Å². The predicted molar refractivity (Wildman–Crippen MR) is 81.7 cm³/mol. The van der Waals surface area contributed by atoms with E-state index in [0.717, 1.165) is 17.7 Å². The fourth-order valence-corrected chi connectivity index (χ4v) is 1.90. The van der Waals surface area contributed by atoms with Crippen LogP contribution in [-0.2, 0) is 11.3 Å². The van der Waals surface area contributed by atoms with Gasteiger partial charge >= 0.3 is 6.03 Å². The summed E-state index contributed by atoms with van der Waals surface area (Å²) >= 11 is 0. The fourth-order valence-electron chi connectivity index (χ4n) is 1.90. The lowest BCUT2D eigenvalue weighted by Crippen LogP contribution is -2.43. The maximum atomic E-state index is 12.3. The van der Waals surface area contributed by atoms with Crippen molar-refractivity contribution in [2.75, 3.05) is 25.6 Å². The van der Waals surface area contributed by atoms with Gasteiger partial charge in [-0.3, -0.25) is 0 Å². The lowest BCUT2D eigenvalue weighted by Gasteiger charge is -2.28. The van der Waals surface area contributed by atoms with E-state index in [4.69, 9.17) is 10.5 Å². The minimum atomic E-state index is -0.106. The molecule has 1 rings (SSSR count). The van der Waals surface area contributed by atoms with E-state index in [-0.39, 0.29) is 12.1 Å². The van der Waals surface area contributed by atoms with Gasteiger partial charge in [-0.25, -0.2) is 4.79 Å². The molecule has 20 heavy (non-hydrogen) atoms. The van der Waals surface area contributed by atoms with Gasteiger partial charge < -0.3 is 20.7 Å². The van der Waals surface area contributed by atoms with Gasteiger partial charge in [0.2, 0.25) is 0 Å². The molecule has 0 radical (unpaired) electrons. The number of anilines is 1. The van der Waals surface area contributed by atoms with E-state index in [1.165, 1.54) is 0 Å². The summed E-state index contributed by atoms with van der Waals surface area (Å²) in [5.41, 5.74) is 7.37. The highest BCUT2D eigenvalue weighted by molar-refractivity contribution is 5.89. The number of hydrogen-bond donors (Lipinski definition) is 2. The molecule has 0 aliphatic rings. The van der Waals surface area contributed by atoms with Crippen molar-refractivity contribution in [2.45, 2.75) is 32.9 Å². The first-order valence-electron chi connectivity index (χ1n) is 6.97. The number of nitrogens with one attached hydrogen (secondary N) is 1. The third-order valence-corrected chi connectivity index (χ3v) is 3.33. The van der Waals surface area contributed by atoms with Crippen LogP contribution in [0, 0.1) is 0 Å². The lowest BCUT2D eigenvalue weighted by molar-refractivity contribution is 0.138. The van der Waals surface area contributed by atoms with Gasteiger partial charge in [0.25, 0.3) is 0 Å². The summed E-state index contributed by atoms with van der Waals surface area (Å²) in [4.78, 5) is 14.1. The summed E-state index contributed by atoms with van der Waals surface area (Å²) in [6.45, 7) is 5.66. The average molecular weight is 279 g/mol. The van der Waals surface area contributed by atoms with E-state index in [1.807, 2.05) is 31.2 Å². The van der Waals surface area contributed by atoms with Gasteiger partial charge in [0.05, 0.1) is 6.61 Å². The zero-order valence-electron chi connectivity index (χ0n) is 12.6. The van der Waals surface area contributed by atoms with Crippen LogP contribution in [0.15, 0.2) is 24.3 Å². The van der Waals surface area contributed by atoms with Crippen molar-refractivity contribution < 1.29 is 9.53 Å². The van der Waals surface area contributed by atoms with Crippen LogP contribution >= 0.6 is 0 Å². The van der Waals surface area contributed by atoms with Gasteiger partial charge in [-0.1, -0.05) is 19.1 Å². The summed E-state index contributed by atoms with van der Waals surface area (Å²) in [7, 11) is 1.64. The molecule has 1 atom stereocenters. The lowest BCUT2D eigenvalue weighted by atomic mass is 10.2. The number of methoxy groups -OCH3 is 1. The zero-order chi connectivity index (χ0) is 15.0. The van der Waals surface area contributed by atoms with Crippen molar-refractivity contribution >= 4 is 11.7 Å². The summed E-state index contributed by atoms with van der Waals surface area (Å²) in [5, 5.41) is 2.92. The monoisotopic (exact) mass is 279 g/mol. The Labute approximate surface area is 121 Å². The second-order valence-corrected chi connectivity index (χ2v) is 4.78. The summed E-state index contributed by atoms with van der Waals surface area (Å²) in [6, 6.07) is 7.65. The largest absolute Gasteiger partial charge is 0.383 e. The first-order chi connectivity index (χ1) is 9.62. The molecule has 0 aliphatic heterocycles. The number of nitrogens with zero attached hydrogens (tertiary/aromatic N) is 1. The third kappa shape index (κ3) is 4.83. The standard InChI is InChI=1S/C15H25N3O2/c1-4-12(2)18(8-9-20-3)15(19)17-14-7-5-6-13(10-14)11-16/h5-7,10,12H,4,8-9,11,16H2,1-3H3,(H,17,19). The molecular formula is C15H25N3O2. The van der Waals surface area contributed by atoms with Crippen LogP contribution < -0.4 is 11.1 Å². The van der Waals surface area contributed by atoms with Gasteiger partial charge in [-0.2, -0.15) is 0 Å². The maximum absolute atomic E-state index is 12.3. The van der Waals surface area contributed by atoms with E-state index in [0.29, 0.717) is 19.7 Å². The normalized spacial score (nSPS) is 12.0. The Kier molecular flexibility index (Phi) is 7.04. The molecule has 112 valence electrons. The minimum Gasteiger partial charge on any atom is -0.383 e. The number of benzene rings is 1. The Hall–Kier alpha value is -1.59. The van der Waals surface area contributed by atoms with Gasteiger partial charge in [0.1, 0.15) is 0 Å². The second kappa shape index (κ2) is 8.55. The SMILES string of the molecule is CCC(C)N(CCOC)C(=O)Nc1cccc(CN)c1. The molecule has 0 spiro atoms. The molecule has 3 N–H and O–H groups in total. The van der Waals surface area contributed by atoms with Gasteiger partial charge in [0, 0.05) is 31.9 Å². The number of urea groups is 1. The van der Waals surface area contributed by atoms with Crippen LogP contribution in [-0.4, -0.2) is 37.2 Å². The molecule has 0 aromatic heterocycles. The van der Waals surface area contributed by atoms with Crippen LogP contribution in [0.2, 0.25) is 0 Å². The number of carbonyl (C=O) groups is 1. The summed E-state index contributed by atoms with van der Waals surface area (Å²) in [6.07, 6.45) is 0.903. The van der Waals surface area contributed by atoms with Crippen LogP contribution in [0.3, 0.4) is 0 Å². The minimum absolute atomic E-state index is 0.106. The molecule has 1 aromatic rings. The predicted octanol–water partition coefficient (Wildman–Crippen LogP) is 2.42. The smallest absolute Gasteiger partial charge is 0.322 e. The summed E-state index contributed by atoms with van der Waals surface area (Å²) in [5.74, 6) is 0. The van der Waals surface area contributed by atoms with Crippen LogP contribution in [0.4, 0.5) is 10.5 Å². The second-order valence-electron chi connectivity index (χ2n) is 4.78. The van der Waals surface area contributed by atoms with E-state index < -0.39 is 0 Å². The first-order valence-corrected chi connectivity index (χ1v) is 6.97. The molecule has 1 unspecified atom stereocenters. The molecule has 1 aromatic carbocycles. The van der Waals surface area contributed by atoms with E-state index in [1.54, 1.807) is 12.0 Å². The highest BCUT2D eigenvalue weighted by Crippen LogP contribution is 2.12. The van der Waals surface area contributed by atoms with Crippen LogP contribution in [0.5, 0.6) is 0 Å². The van der Waals surface area contributed by atoms with Gasteiger partial charge in [-0.15, -0.1) is 0 Å². The molecular weight excluding hydrogens is 254 g/mol. The van der Waals surface area contributed by atoms with Gasteiger partial charge in [0.15, 0.2) is 0 Å². The molecule has 5 heteroatoms. The number of rotatable bonds is 7. The van der Waals surface area contributed by atoms with Crippen molar-refractivity contribution in [3.63, 3.8) is 0 Å². The van der Waals surface area contributed by atoms with E-state index in [9.17, 15) is 4.79 Å². The number of nitrogens with two attached hydrogens (primary N) is 1. The molecule has 5 nitrogen and oxygen atoms in total. The van der Waals surface area contributed by atoms with E-state index in [2.05, 4.69) is 12.2 Å². The molecule has 0 heterocycles. The molecule has 2 amide bonds. The number of ether oxygens (including phenoxy) is 1. The average Bonchev–Trinajstić information content (AvgIpc) is 2.47. The van der Waals surface area contributed by atoms with E-state index >= 15 is 0 Å². The van der Waals surface area contributed by atoms with Crippen molar-refractivity contribution in [1.82, 2.24) is 4.90 Å². The zero-order valence-corrected chi connectivity index (χ0v) is 12.6. The Bertz CT molecular complexity index is 423. The molecule has 0 fully saturated rings.